The fraction of sp³-hybridized carbons (Fsp3) is 0.533. The Balaban J connectivity index is 1.87. The number of hydrogen-bond donors (Lipinski definition) is 1. The third kappa shape index (κ3) is 2.64. The molecule has 0 radical (unpaired) electrons. The van der Waals surface area contributed by atoms with Crippen molar-refractivity contribution in [2.75, 3.05) is 0 Å². The van der Waals surface area contributed by atoms with Crippen LogP contribution in [0.25, 0.3) is 0 Å². The number of rotatable bonds is 1. The Morgan fingerprint density at radius 2 is 1.90 bits per heavy atom. The van der Waals surface area contributed by atoms with Gasteiger partial charge >= 0.3 is 6.36 Å². The summed E-state index contributed by atoms with van der Waals surface area (Å²) < 4.78 is 40.6. The summed E-state index contributed by atoms with van der Waals surface area (Å²) in [5, 5.41) is 9.57. The van der Waals surface area contributed by atoms with Crippen molar-refractivity contribution in [3.8, 4) is 5.75 Å². The predicted octanol–water partition coefficient (Wildman–Crippen LogP) is 3.25. The molecule has 3 rings (SSSR count). The van der Waals surface area contributed by atoms with Crippen molar-refractivity contribution in [3.63, 3.8) is 0 Å². The second-order valence-corrected chi connectivity index (χ2v) is 5.88. The Hall–Kier alpha value is -1.56. The predicted molar refractivity (Wildman–Crippen MR) is 68.1 cm³/mol. The van der Waals surface area contributed by atoms with Crippen LogP contribution in [0.1, 0.15) is 41.6 Å². The molecule has 1 N–H and O–H groups in total. The first-order valence-corrected chi connectivity index (χ1v) is 6.91. The SMILES string of the molecule is O=C1c2cc(OC(F)(F)F)ccc2CC12CCC(O)CC2. The average Bonchev–Trinajstić information content (AvgIpc) is 2.66. The maximum atomic E-state index is 12.6. The number of halogens is 3. The van der Waals surface area contributed by atoms with Crippen LogP contribution in [0.4, 0.5) is 13.2 Å². The fourth-order valence-corrected chi connectivity index (χ4v) is 3.41. The number of Topliss-reactive ketones (excluding diaryl/α,β-unsaturated/α-hetero) is 1. The van der Waals surface area contributed by atoms with Crippen LogP contribution in [0.3, 0.4) is 0 Å². The summed E-state index contributed by atoms with van der Waals surface area (Å²) in [7, 11) is 0. The molecule has 0 atom stereocenters. The molecular weight excluding hydrogens is 285 g/mol. The molecule has 0 aromatic heterocycles. The molecule has 0 amide bonds. The van der Waals surface area contributed by atoms with E-state index in [1.807, 2.05) is 0 Å². The normalized spacial score (nSPS) is 28.8. The summed E-state index contributed by atoms with van der Waals surface area (Å²) >= 11 is 0. The first kappa shape index (κ1) is 14.4. The van der Waals surface area contributed by atoms with Crippen LogP contribution in [-0.4, -0.2) is 23.4 Å². The number of ether oxygens (including phenoxy) is 1. The minimum Gasteiger partial charge on any atom is -0.406 e. The fourth-order valence-electron chi connectivity index (χ4n) is 3.41. The van der Waals surface area contributed by atoms with Crippen LogP contribution in [0.2, 0.25) is 0 Å². The summed E-state index contributed by atoms with van der Waals surface area (Å²) in [5.74, 6) is -0.473. The van der Waals surface area contributed by atoms with Gasteiger partial charge in [0.05, 0.1) is 6.10 Å². The van der Waals surface area contributed by atoms with E-state index >= 15 is 0 Å². The smallest absolute Gasteiger partial charge is 0.406 e. The Morgan fingerprint density at radius 1 is 1.24 bits per heavy atom. The molecule has 1 spiro atoms. The highest BCUT2D eigenvalue weighted by atomic mass is 19.4. The van der Waals surface area contributed by atoms with Gasteiger partial charge in [-0.1, -0.05) is 6.07 Å². The van der Waals surface area contributed by atoms with Gasteiger partial charge in [0.15, 0.2) is 5.78 Å². The van der Waals surface area contributed by atoms with Crippen LogP contribution in [0.5, 0.6) is 5.75 Å². The van der Waals surface area contributed by atoms with E-state index in [0.717, 1.165) is 5.56 Å². The van der Waals surface area contributed by atoms with Crippen LogP contribution in [0, 0.1) is 5.41 Å². The van der Waals surface area contributed by atoms with Crippen molar-refractivity contribution in [2.45, 2.75) is 44.6 Å². The first-order chi connectivity index (χ1) is 9.79. The number of carbonyl (C=O) groups is 1. The van der Waals surface area contributed by atoms with Gasteiger partial charge < -0.3 is 9.84 Å². The van der Waals surface area contributed by atoms with Gasteiger partial charge in [-0.3, -0.25) is 4.79 Å². The molecule has 0 heterocycles. The molecule has 0 saturated heterocycles. The minimum absolute atomic E-state index is 0.114. The zero-order chi connectivity index (χ0) is 15.3. The highest BCUT2D eigenvalue weighted by molar-refractivity contribution is 6.05. The van der Waals surface area contributed by atoms with E-state index in [0.29, 0.717) is 37.7 Å². The van der Waals surface area contributed by atoms with Crippen molar-refractivity contribution >= 4 is 5.78 Å². The van der Waals surface area contributed by atoms with Gasteiger partial charge in [-0.2, -0.15) is 0 Å². The van der Waals surface area contributed by atoms with Crippen molar-refractivity contribution in [2.24, 2.45) is 5.41 Å². The van der Waals surface area contributed by atoms with Gasteiger partial charge in [-0.05, 0) is 49.8 Å². The van der Waals surface area contributed by atoms with Gasteiger partial charge in [0.1, 0.15) is 5.75 Å². The van der Waals surface area contributed by atoms with E-state index in [4.69, 9.17) is 0 Å². The molecule has 6 heteroatoms. The highest BCUT2D eigenvalue weighted by Gasteiger charge is 2.47. The van der Waals surface area contributed by atoms with E-state index in [9.17, 15) is 23.1 Å². The van der Waals surface area contributed by atoms with Gasteiger partial charge in [0.25, 0.3) is 0 Å². The summed E-state index contributed by atoms with van der Waals surface area (Å²) in [5.41, 5.74) is 0.553. The summed E-state index contributed by atoms with van der Waals surface area (Å²) in [6.45, 7) is 0. The number of benzene rings is 1. The Bertz CT molecular complexity index is 572. The van der Waals surface area contributed by atoms with Crippen molar-refractivity contribution in [1.29, 1.82) is 0 Å². The molecule has 114 valence electrons. The van der Waals surface area contributed by atoms with Gasteiger partial charge in [-0.15, -0.1) is 13.2 Å². The van der Waals surface area contributed by atoms with Crippen LogP contribution in [0.15, 0.2) is 18.2 Å². The van der Waals surface area contributed by atoms with Crippen molar-refractivity contribution < 1.29 is 27.8 Å². The number of carbonyl (C=O) groups excluding carboxylic acids is 1. The molecular formula is C15H15F3O3. The molecule has 1 fully saturated rings. The lowest BCUT2D eigenvalue weighted by Crippen LogP contribution is -2.34. The lowest BCUT2D eigenvalue weighted by Gasteiger charge is -2.33. The summed E-state index contributed by atoms with van der Waals surface area (Å²) in [6.07, 6.45) is -2.31. The Morgan fingerprint density at radius 3 is 2.52 bits per heavy atom. The first-order valence-electron chi connectivity index (χ1n) is 6.91. The number of hydrogen-bond acceptors (Lipinski definition) is 3. The Labute approximate surface area is 119 Å². The zero-order valence-electron chi connectivity index (χ0n) is 11.2. The molecule has 1 saturated carbocycles. The molecule has 2 aliphatic rings. The lowest BCUT2D eigenvalue weighted by atomic mass is 9.70. The maximum absolute atomic E-state index is 12.6. The van der Waals surface area contributed by atoms with E-state index in [1.165, 1.54) is 18.2 Å². The second kappa shape index (κ2) is 4.73. The molecule has 21 heavy (non-hydrogen) atoms. The zero-order valence-corrected chi connectivity index (χ0v) is 11.2. The standard InChI is InChI=1S/C15H15F3O3/c16-15(17,18)21-11-2-1-9-8-14(13(20)12(9)7-11)5-3-10(19)4-6-14/h1-2,7,10,19H,3-6,8H2. The number of ketones is 1. The molecule has 2 aliphatic carbocycles. The molecule has 3 nitrogen and oxygen atoms in total. The third-order valence-electron chi connectivity index (χ3n) is 4.48. The van der Waals surface area contributed by atoms with E-state index < -0.39 is 11.8 Å². The summed E-state index contributed by atoms with van der Waals surface area (Å²) in [6, 6.07) is 3.97. The van der Waals surface area contributed by atoms with E-state index in [1.54, 1.807) is 0 Å². The Kier molecular flexibility index (Phi) is 3.24. The summed E-state index contributed by atoms with van der Waals surface area (Å²) in [4.78, 5) is 12.6. The van der Waals surface area contributed by atoms with Gasteiger partial charge in [0.2, 0.25) is 0 Å². The second-order valence-electron chi connectivity index (χ2n) is 5.88. The molecule has 0 aliphatic heterocycles. The minimum atomic E-state index is -4.76. The topological polar surface area (TPSA) is 46.5 Å². The largest absolute Gasteiger partial charge is 0.573 e. The van der Waals surface area contributed by atoms with Gasteiger partial charge in [0, 0.05) is 11.0 Å². The van der Waals surface area contributed by atoms with Crippen LogP contribution < -0.4 is 4.74 Å². The monoisotopic (exact) mass is 300 g/mol. The quantitative estimate of drug-likeness (QED) is 0.866. The van der Waals surface area contributed by atoms with Crippen LogP contribution >= 0.6 is 0 Å². The van der Waals surface area contributed by atoms with E-state index in [-0.39, 0.29) is 17.6 Å². The lowest BCUT2D eigenvalue weighted by molar-refractivity contribution is -0.274. The maximum Gasteiger partial charge on any atom is 0.573 e. The van der Waals surface area contributed by atoms with Crippen molar-refractivity contribution in [3.05, 3.63) is 29.3 Å². The molecule has 0 bridgehead atoms. The number of aliphatic hydroxyl groups excluding tert-OH is 1. The number of alkyl halides is 3. The number of aliphatic hydroxyl groups is 1. The van der Waals surface area contributed by atoms with Crippen LogP contribution in [-0.2, 0) is 6.42 Å². The van der Waals surface area contributed by atoms with Crippen molar-refractivity contribution in [1.82, 2.24) is 0 Å². The average molecular weight is 300 g/mol. The van der Waals surface area contributed by atoms with E-state index in [2.05, 4.69) is 4.74 Å². The molecule has 1 aromatic carbocycles. The third-order valence-corrected chi connectivity index (χ3v) is 4.48. The van der Waals surface area contributed by atoms with Gasteiger partial charge in [-0.25, -0.2) is 0 Å². The molecule has 1 aromatic rings. The highest BCUT2D eigenvalue weighted by Crippen LogP contribution is 2.48. The molecule has 0 unspecified atom stereocenters. The number of fused-ring (bicyclic) bond motifs is 1.